The highest BCUT2D eigenvalue weighted by atomic mass is 16.5. The first-order valence-corrected chi connectivity index (χ1v) is 7.15. The molecule has 0 spiro atoms. The van der Waals surface area contributed by atoms with Crippen molar-refractivity contribution in [3.05, 3.63) is 0 Å². The predicted molar refractivity (Wildman–Crippen MR) is 69.8 cm³/mol. The summed E-state index contributed by atoms with van der Waals surface area (Å²) >= 11 is 0. The summed E-state index contributed by atoms with van der Waals surface area (Å²) in [6, 6.07) is 0.693. The SMILES string of the molecule is CCCCCCCOC1CCCC(NC)C1. The van der Waals surface area contributed by atoms with Crippen molar-refractivity contribution in [2.45, 2.75) is 76.9 Å². The van der Waals surface area contributed by atoms with Gasteiger partial charge in [-0.2, -0.15) is 0 Å². The zero-order valence-corrected chi connectivity index (χ0v) is 11.1. The molecule has 16 heavy (non-hydrogen) atoms. The molecule has 1 aliphatic carbocycles. The Hall–Kier alpha value is -0.0800. The maximum atomic E-state index is 5.96. The highest BCUT2D eigenvalue weighted by Crippen LogP contribution is 2.21. The molecule has 1 rings (SSSR count). The van der Waals surface area contributed by atoms with E-state index in [1.165, 1.54) is 57.8 Å². The molecule has 0 radical (unpaired) electrons. The minimum absolute atomic E-state index is 0.525. The van der Waals surface area contributed by atoms with Crippen LogP contribution in [0.3, 0.4) is 0 Å². The monoisotopic (exact) mass is 227 g/mol. The molecule has 0 bridgehead atoms. The summed E-state index contributed by atoms with van der Waals surface area (Å²) in [6.45, 7) is 3.24. The molecule has 0 aromatic heterocycles. The number of hydrogen-bond donors (Lipinski definition) is 1. The Bertz CT molecular complexity index is 161. The molecule has 2 atom stereocenters. The van der Waals surface area contributed by atoms with Gasteiger partial charge in [0.1, 0.15) is 0 Å². The highest BCUT2D eigenvalue weighted by Gasteiger charge is 2.20. The molecule has 0 heterocycles. The molecular weight excluding hydrogens is 198 g/mol. The van der Waals surface area contributed by atoms with Crippen molar-refractivity contribution in [1.82, 2.24) is 5.32 Å². The van der Waals surface area contributed by atoms with Crippen LogP contribution in [-0.2, 0) is 4.74 Å². The third-order valence-electron chi connectivity index (χ3n) is 3.64. The van der Waals surface area contributed by atoms with E-state index in [0.717, 1.165) is 6.61 Å². The van der Waals surface area contributed by atoms with Crippen LogP contribution in [0.5, 0.6) is 0 Å². The molecular formula is C14H29NO. The minimum Gasteiger partial charge on any atom is -0.378 e. The fourth-order valence-corrected chi connectivity index (χ4v) is 2.51. The van der Waals surface area contributed by atoms with E-state index in [1.54, 1.807) is 0 Å². The van der Waals surface area contributed by atoms with Gasteiger partial charge in [0.25, 0.3) is 0 Å². The van der Waals surface area contributed by atoms with Crippen LogP contribution in [0, 0.1) is 0 Å². The summed E-state index contributed by atoms with van der Waals surface area (Å²) in [6.07, 6.45) is 12.3. The van der Waals surface area contributed by atoms with Gasteiger partial charge >= 0.3 is 0 Å². The lowest BCUT2D eigenvalue weighted by Gasteiger charge is -2.28. The average molecular weight is 227 g/mol. The first kappa shape index (κ1) is 14.0. The van der Waals surface area contributed by atoms with Crippen molar-refractivity contribution in [2.75, 3.05) is 13.7 Å². The molecule has 2 nitrogen and oxygen atoms in total. The van der Waals surface area contributed by atoms with Gasteiger partial charge in [-0.25, -0.2) is 0 Å². The van der Waals surface area contributed by atoms with Gasteiger partial charge in [0.2, 0.25) is 0 Å². The van der Waals surface area contributed by atoms with Crippen molar-refractivity contribution in [3.8, 4) is 0 Å². The minimum atomic E-state index is 0.525. The van der Waals surface area contributed by atoms with Crippen LogP contribution >= 0.6 is 0 Å². The largest absolute Gasteiger partial charge is 0.378 e. The maximum Gasteiger partial charge on any atom is 0.0590 e. The number of nitrogens with one attached hydrogen (secondary N) is 1. The molecule has 0 aromatic rings. The van der Waals surface area contributed by atoms with Gasteiger partial charge in [0, 0.05) is 12.6 Å². The Morgan fingerprint density at radius 1 is 1.12 bits per heavy atom. The smallest absolute Gasteiger partial charge is 0.0590 e. The molecule has 0 saturated heterocycles. The van der Waals surface area contributed by atoms with E-state index in [4.69, 9.17) is 4.74 Å². The van der Waals surface area contributed by atoms with Crippen molar-refractivity contribution < 1.29 is 4.74 Å². The quantitative estimate of drug-likeness (QED) is 0.641. The third kappa shape index (κ3) is 5.86. The second-order valence-electron chi connectivity index (χ2n) is 5.06. The van der Waals surface area contributed by atoms with Crippen LogP contribution in [0.25, 0.3) is 0 Å². The molecule has 1 aliphatic rings. The molecule has 1 fully saturated rings. The first-order chi connectivity index (χ1) is 7.86. The summed E-state index contributed by atoms with van der Waals surface area (Å²) in [5.74, 6) is 0. The molecule has 96 valence electrons. The van der Waals surface area contributed by atoms with Crippen LogP contribution in [0.1, 0.15) is 64.7 Å². The van der Waals surface area contributed by atoms with E-state index in [2.05, 4.69) is 19.3 Å². The molecule has 0 amide bonds. The maximum absolute atomic E-state index is 5.96. The van der Waals surface area contributed by atoms with E-state index in [1.807, 2.05) is 0 Å². The second kappa shape index (κ2) is 9.00. The third-order valence-corrected chi connectivity index (χ3v) is 3.64. The standard InChI is InChI=1S/C14H29NO/c1-3-4-5-6-7-11-16-14-10-8-9-13(12-14)15-2/h13-15H,3-12H2,1-2H3. The number of unbranched alkanes of at least 4 members (excludes halogenated alkanes) is 4. The van der Waals surface area contributed by atoms with Crippen LogP contribution in [-0.4, -0.2) is 25.8 Å². The zero-order valence-electron chi connectivity index (χ0n) is 11.1. The normalized spacial score (nSPS) is 25.9. The van der Waals surface area contributed by atoms with Crippen LogP contribution in [0.4, 0.5) is 0 Å². The molecule has 2 unspecified atom stereocenters. The summed E-state index contributed by atoms with van der Waals surface area (Å²) in [5.41, 5.74) is 0. The summed E-state index contributed by atoms with van der Waals surface area (Å²) in [5, 5.41) is 3.37. The van der Waals surface area contributed by atoms with Crippen molar-refractivity contribution in [1.29, 1.82) is 0 Å². The fraction of sp³-hybridized carbons (Fsp3) is 1.00. The Morgan fingerprint density at radius 3 is 2.69 bits per heavy atom. The molecule has 2 heteroatoms. The van der Waals surface area contributed by atoms with Crippen molar-refractivity contribution in [2.24, 2.45) is 0 Å². The van der Waals surface area contributed by atoms with E-state index < -0.39 is 0 Å². The Morgan fingerprint density at radius 2 is 1.94 bits per heavy atom. The van der Waals surface area contributed by atoms with Crippen molar-refractivity contribution >= 4 is 0 Å². The van der Waals surface area contributed by atoms with Crippen LogP contribution in [0.15, 0.2) is 0 Å². The van der Waals surface area contributed by atoms with Gasteiger partial charge in [-0.15, -0.1) is 0 Å². The summed E-state index contributed by atoms with van der Waals surface area (Å²) in [7, 11) is 2.07. The van der Waals surface area contributed by atoms with E-state index in [-0.39, 0.29) is 0 Å². The molecule has 1 saturated carbocycles. The molecule has 0 aromatic carbocycles. The lowest BCUT2D eigenvalue weighted by molar-refractivity contribution is 0.0184. The van der Waals surface area contributed by atoms with Crippen LogP contribution in [0.2, 0.25) is 0 Å². The van der Waals surface area contributed by atoms with Crippen molar-refractivity contribution in [3.63, 3.8) is 0 Å². The lowest BCUT2D eigenvalue weighted by Crippen LogP contribution is -2.34. The summed E-state index contributed by atoms with van der Waals surface area (Å²) in [4.78, 5) is 0. The van der Waals surface area contributed by atoms with Gasteiger partial charge in [0.05, 0.1) is 6.10 Å². The Labute approximate surface area is 101 Å². The zero-order chi connectivity index (χ0) is 11.6. The average Bonchev–Trinajstić information content (AvgIpc) is 2.34. The molecule has 1 N–H and O–H groups in total. The Kier molecular flexibility index (Phi) is 7.87. The summed E-state index contributed by atoms with van der Waals surface area (Å²) < 4.78 is 5.96. The van der Waals surface area contributed by atoms with E-state index in [0.29, 0.717) is 12.1 Å². The van der Waals surface area contributed by atoms with E-state index in [9.17, 15) is 0 Å². The fourth-order valence-electron chi connectivity index (χ4n) is 2.51. The van der Waals surface area contributed by atoms with Gasteiger partial charge < -0.3 is 10.1 Å². The first-order valence-electron chi connectivity index (χ1n) is 7.15. The van der Waals surface area contributed by atoms with Gasteiger partial charge in [0.15, 0.2) is 0 Å². The number of hydrogen-bond acceptors (Lipinski definition) is 2. The van der Waals surface area contributed by atoms with E-state index >= 15 is 0 Å². The van der Waals surface area contributed by atoms with Crippen LogP contribution < -0.4 is 5.32 Å². The van der Waals surface area contributed by atoms with Gasteiger partial charge in [-0.1, -0.05) is 32.6 Å². The molecule has 0 aliphatic heterocycles. The van der Waals surface area contributed by atoms with Gasteiger partial charge in [-0.05, 0) is 39.2 Å². The second-order valence-corrected chi connectivity index (χ2v) is 5.06. The number of rotatable bonds is 8. The number of ether oxygens (including phenoxy) is 1. The lowest BCUT2D eigenvalue weighted by atomic mass is 9.93. The van der Waals surface area contributed by atoms with Gasteiger partial charge in [-0.3, -0.25) is 0 Å². The Balaban J connectivity index is 1.95. The predicted octanol–water partition coefficient (Wildman–Crippen LogP) is 3.50. The topological polar surface area (TPSA) is 21.3 Å². The highest BCUT2D eigenvalue weighted by molar-refractivity contribution is 4.77.